The number of carbonyl (C=O) groups is 1. The Bertz CT molecular complexity index is 848. The molecule has 126 valence electrons. The number of benzene rings is 2. The second-order valence-corrected chi connectivity index (χ2v) is 5.78. The number of amides is 1. The van der Waals surface area contributed by atoms with E-state index in [1.165, 1.54) is 12.1 Å². The van der Waals surface area contributed by atoms with Gasteiger partial charge in [0.25, 0.3) is 5.91 Å². The van der Waals surface area contributed by atoms with Crippen LogP contribution >= 0.6 is 0 Å². The van der Waals surface area contributed by atoms with Crippen molar-refractivity contribution < 1.29 is 9.18 Å². The Morgan fingerprint density at radius 3 is 2.32 bits per heavy atom. The van der Waals surface area contributed by atoms with Crippen LogP contribution in [0.15, 0.2) is 73.1 Å². The van der Waals surface area contributed by atoms with E-state index in [-0.39, 0.29) is 17.8 Å². The molecule has 0 saturated carbocycles. The average molecular weight is 335 g/mol. The summed E-state index contributed by atoms with van der Waals surface area (Å²) in [5, 5.41) is 0. The molecule has 2 aromatic carbocycles. The predicted molar refractivity (Wildman–Crippen MR) is 95.4 cm³/mol. The summed E-state index contributed by atoms with van der Waals surface area (Å²) in [6.07, 6.45) is 3.38. The van der Waals surface area contributed by atoms with Crippen molar-refractivity contribution in [3.63, 3.8) is 0 Å². The fourth-order valence-corrected chi connectivity index (χ4v) is 2.77. The molecule has 2 N–H and O–H groups in total. The summed E-state index contributed by atoms with van der Waals surface area (Å²) in [6, 6.07) is 16.2. The van der Waals surface area contributed by atoms with Gasteiger partial charge in [0.05, 0.1) is 6.04 Å². The highest BCUT2D eigenvalue weighted by Crippen LogP contribution is 2.28. The quantitative estimate of drug-likeness (QED) is 0.740. The first-order chi connectivity index (χ1) is 12.1. The zero-order valence-corrected chi connectivity index (χ0v) is 13.8. The number of halogens is 1. The first-order valence-corrected chi connectivity index (χ1v) is 7.84. The number of aromatic nitrogens is 1. The summed E-state index contributed by atoms with van der Waals surface area (Å²) in [6.45, 7) is 0. The lowest BCUT2D eigenvalue weighted by atomic mass is 9.98. The standard InChI is InChI=1S/C20H18FN3O/c1-24(20(25)15-6-10-18(22)11-7-15)19(16-3-2-12-23-13-16)14-4-8-17(21)9-5-14/h2-13,19H,22H2,1H3. The maximum atomic E-state index is 13.3. The fourth-order valence-electron chi connectivity index (χ4n) is 2.77. The molecule has 1 unspecified atom stereocenters. The van der Waals surface area contributed by atoms with Gasteiger partial charge in [-0.25, -0.2) is 4.39 Å². The van der Waals surface area contributed by atoms with Crippen molar-refractivity contribution >= 4 is 11.6 Å². The number of hydrogen-bond acceptors (Lipinski definition) is 3. The lowest BCUT2D eigenvalue weighted by Crippen LogP contribution is -2.32. The average Bonchev–Trinajstić information content (AvgIpc) is 2.64. The van der Waals surface area contributed by atoms with Crippen LogP contribution in [0.25, 0.3) is 0 Å². The van der Waals surface area contributed by atoms with Crippen LogP contribution in [-0.4, -0.2) is 22.8 Å². The number of pyridine rings is 1. The summed E-state index contributed by atoms with van der Waals surface area (Å²) in [5.74, 6) is -0.473. The van der Waals surface area contributed by atoms with E-state index in [0.29, 0.717) is 11.3 Å². The van der Waals surface area contributed by atoms with Gasteiger partial charge in [-0.05, 0) is 53.6 Å². The van der Waals surface area contributed by atoms with Crippen LogP contribution < -0.4 is 5.73 Å². The number of nitrogen functional groups attached to an aromatic ring is 1. The van der Waals surface area contributed by atoms with E-state index in [1.54, 1.807) is 60.7 Å². The van der Waals surface area contributed by atoms with E-state index < -0.39 is 0 Å². The van der Waals surface area contributed by atoms with Crippen LogP contribution in [0.5, 0.6) is 0 Å². The van der Waals surface area contributed by atoms with Crippen molar-refractivity contribution in [2.45, 2.75) is 6.04 Å². The van der Waals surface area contributed by atoms with Crippen molar-refractivity contribution in [3.8, 4) is 0 Å². The highest BCUT2D eigenvalue weighted by atomic mass is 19.1. The summed E-state index contributed by atoms with van der Waals surface area (Å²) >= 11 is 0. The Morgan fingerprint density at radius 2 is 1.72 bits per heavy atom. The van der Waals surface area contributed by atoms with Crippen LogP contribution in [0.2, 0.25) is 0 Å². The molecule has 0 aliphatic heterocycles. The van der Waals surface area contributed by atoms with Crippen LogP contribution in [-0.2, 0) is 0 Å². The molecule has 1 atom stereocenters. The summed E-state index contributed by atoms with van der Waals surface area (Å²) in [7, 11) is 1.72. The monoisotopic (exact) mass is 335 g/mol. The molecule has 0 aliphatic carbocycles. The van der Waals surface area contributed by atoms with E-state index in [0.717, 1.165) is 11.1 Å². The number of nitrogens with zero attached hydrogens (tertiary/aromatic N) is 2. The maximum Gasteiger partial charge on any atom is 0.254 e. The molecule has 0 saturated heterocycles. The molecule has 3 rings (SSSR count). The first kappa shape index (κ1) is 16.6. The van der Waals surface area contributed by atoms with E-state index >= 15 is 0 Å². The molecule has 0 aliphatic rings. The molecule has 4 nitrogen and oxygen atoms in total. The van der Waals surface area contributed by atoms with Gasteiger partial charge in [-0.1, -0.05) is 18.2 Å². The largest absolute Gasteiger partial charge is 0.399 e. The van der Waals surface area contributed by atoms with Crippen molar-refractivity contribution in [3.05, 3.63) is 95.6 Å². The highest BCUT2D eigenvalue weighted by Gasteiger charge is 2.24. The molecule has 0 radical (unpaired) electrons. The summed E-state index contributed by atoms with van der Waals surface area (Å²) in [5.41, 5.74) is 8.48. The van der Waals surface area contributed by atoms with Crippen LogP contribution in [0.3, 0.4) is 0 Å². The van der Waals surface area contributed by atoms with Crippen molar-refractivity contribution in [1.29, 1.82) is 0 Å². The number of carbonyl (C=O) groups excluding carboxylic acids is 1. The van der Waals surface area contributed by atoms with E-state index in [1.807, 2.05) is 12.1 Å². The molecule has 0 fully saturated rings. The molecular weight excluding hydrogens is 317 g/mol. The Morgan fingerprint density at radius 1 is 1.04 bits per heavy atom. The van der Waals surface area contributed by atoms with Crippen LogP contribution in [0.1, 0.15) is 27.5 Å². The normalized spacial score (nSPS) is 11.8. The molecular formula is C20H18FN3O. The van der Waals surface area contributed by atoms with E-state index in [9.17, 15) is 9.18 Å². The Balaban J connectivity index is 2.00. The SMILES string of the molecule is CN(C(=O)c1ccc(N)cc1)C(c1ccc(F)cc1)c1cccnc1. The lowest BCUT2D eigenvalue weighted by Gasteiger charge is -2.29. The number of anilines is 1. The molecule has 0 spiro atoms. The Kier molecular flexibility index (Phi) is 4.75. The van der Waals surface area contributed by atoms with Gasteiger partial charge in [0.1, 0.15) is 5.82 Å². The molecule has 3 aromatic rings. The molecule has 1 aromatic heterocycles. The van der Waals surface area contributed by atoms with Gasteiger partial charge in [-0.3, -0.25) is 9.78 Å². The molecule has 5 heteroatoms. The molecule has 0 bridgehead atoms. The second kappa shape index (κ2) is 7.13. The van der Waals surface area contributed by atoms with Crippen molar-refractivity contribution in [2.24, 2.45) is 0 Å². The van der Waals surface area contributed by atoms with Gasteiger partial charge in [0, 0.05) is 30.7 Å². The van der Waals surface area contributed by atoms with E-state index in [4.69, 9.17) is 5.73 Å². The van der Waals surface area contributed by atoms with Gasteiger partial charge >= 0.3 is 0 Å². The van der Waals surface area contributed by atoms with E-state index in [2.05, 4.69) is 4.98 Å². The third kappa shape index (κ3) is 3.66. The maximum absolute atomic E-state index is 13.3. The van der Waals surface area contributed by atoms with Crippen molar-refractivity contribution in [2.75, 3.05) is 12.8 Å². The van der Waals surface area contributed by atoms with Gasteiger partial charge in [-0.2, -0.15) is 0 Å². The fraction of sp³-hybridized carbons (Fsp3) is 0.100. The smallest absolute Gasteiger partial charge is 0.254 e. The van der Waals surface area contributed by atoms with Crippen molar-refractivity contribution in [1.82, 2.24) is 9.88 Å². The Hall–Kier alpha value is -3.21. The minimum Gasteiger partial charge on any atom is -0.399 e. The number of hydrogen-bond donors (Lipinski definition) is 1. The van der Waals surface area contributed by atoms with Crippen LogP contribution in [0.4, 0.5) is 10.1 Å². The number of nitrogens with two attached hydrogens (primary N) is 1. The molecule has 1 amide bonds. The van der Waals surface area contributed by atoms with Gasteiger partial charge < -0.3 is 10.6 Å². The molecule has 1 heterocycles. The van der Waals surface area contributed by atoms with Crippen LogP contribution in [0, 0.1) is 5.82 Å². The number of rotatable bonds is 4. The topological polar surface area (TPSA) is 59.2 Å². The predicted octanol–water partition coefficient (Wildman–Crippen LogP) is 3.66. The zero-order chi connectivity index (χ0) is 17.8. The third-order valence-corrected chi connectivity index (χ3v) is 4.05. The minimum atomic E-state index is -0.376. The minimum absolute atomic E-state index is 0.154. The van der Waals surface area contributed by atoms with Gasteiger partial charge in [0.15, 0.2) is 0 Å². The lowest BCUT2D eigenvalue weighted by molar-refractivity contribution is 0.0755. The van der Waals surface area contributed by atoms with Gasteiger partial charge in [-0.15, -0.1) is 0 Å². The zero-order valence-electron chi connectivity index (χ0n) is 13.8. The molecule has 25 heavy (non-hydrogen) atoms. The summed E-state index contributed by atoms with van der Waals surface area (Å²) in [4.78, 5) is 18.7. The Labute approximate surface area is 145 Å². The first-order valence-electron chi connectivity index (χ1n) is 7.84. The highest BCUT2D eigenvalue weighted by molar-refractivity contribution is 5.94. The second-order valence-electron chi connectivity index (χ2n) is 5.78. The third-order valence-electron chi connectivity index (χ3n) is 4.05. The van der Waals surface area contributed by atoms with Gasteiger partial charge in [0.2, 0.25) is 0 Å². The summed E-state index contributed by atoms with van der Waals surface area (Å²) < 4.78 is 13.3.